The first-order chi connectivity index (χ1) is 15.5. The summed E-state index contributed by atoms with van der Waals surface area (Å²) in [5.74, 6) is 0.551. The van der Waals surface area contributed by atoms with Gasteiger partial charge < -0.3 is 20.6 Å². The third kappa shape index (κ3) is 4.01. The van der Waals surface area contributed by atoms with Gasteiger partial charge in [-0.2, -0.15) is 5.10 Å². The Morgan fingerprint density at radius 3 is 2.45 bits per heavy atom. The second-order valence-electron chi connectivity index (χ2n) is 10.3. The third-order valence-corrected chi connectivity index (χ3v) is 10.3. The maximum atomic E-state index is 13.3. The monoisotopic (exact) mass is 473 g/mol. The summed E-state index contributed by atoms with van der Waals surface area (Å²) in [7, 11) is -1.08. The lowest BCUT2D eigenvalue weighted by Crippen LogP contribution is -2.51. The zero-order valence-electron chi connectivity index (χ0n) is 20.1. The van der Waals surface area contributed by atoms with E-state index in [-0.39, 0.29) is 23.2 Å². The lowest BCUT2D eigenvalue weighted by Gasteiger charge is -2.53. The maximum Gasteiger partial charge on any atom is 0.318 e. The Labute approximate surface area is 196 Å². The number of urea groups is 1. The maximum absolute atomic E-state index is 13.3. The molecule has 0 saturated heterocycles. The standard InChI is InChI=1S/C24H35N5O3S/c1-23(2)19-17(15-29(23)22(32)25-14-18(30)16-10-7-6-8-11-16)20(28-27-19)26-21(31)24(12-9-13-24)33(3,4)5/h6-8,10-11,18,30H,9,12-15H2,1-5H3,(H,25,32)(H2,26,27,28,31)/t18-/m1/s1. The SMILES string of the molecule is CC1(C)c2[nH]nc(NC(=O)C3(S(C)(C)C)CCC3)c2CN1C(=O)NC[C@@H](O)c1ccccc1. The molecule has 1 fully saturated rings. The fourth-order valence-corrected chi connectivity index (χ4v) is 6.97. The van der Waals surface area contributed by atoms with Crippen molar-refractivity contribution in [2.45, 2.75) is 56.0 Å². The number of nitrogens with zero attached hydrogens (tertiary/aromatic N) is 2. The normalized spacial score (nSPS) is 19.9. The third-order valence-electron chi connectivity index (χ3n) is 7.33. The summed E-state index contributed by atoms with van der Waals surface area (Å²) in [5, 5.41) is 23.8. The zero-order chi connectivity index (χ0) is 24.0. The number of nitrogens with one attached hydrogen (secondary N) is 3. The van der Waals surface area contributed by atoms with Gasteiger partial charge in [-0.15, -0.1) is 0 Å². The van der Waals surface area contributed by atoms with Gasteiger partial charge in [0.1, 0.15) is 0 Å². The van der Waals surface area contributed by atoms with Crippen molar-refractivity contribution in [3.63, 3.8) is 0 Å². The van der Waals surface area contributed by atoms with Crippen molar-refractivity contribution in [2.75, 3.05) is 30.6 Å². The average Bonchev–Trinajstić information content (AvgIpc) is 3.22. The average molecular weight is 474 g/mol. The van der Waals surface area contributed by atoms with E-state index in [1.54, 1.807) is 4.90 Å². The molecule has 33 heavy (non-hydrogen) atoms. The lowest BCUT2D eigenvalue weighted by atomic mass is 9.83. The number of aromatic amines is 1. The predicted octanol–water partition coefficient (Wildman–Crippen LogP) is 3.46. The van der Waals surface area contributed by atoms with Gasteiger partial charge >= 0.3 is 6.03 Å². The Bertz CT molecular complexity index is 1040. The van der Waals surface area contributed by atoms with E-state index in [1.807, 2.05) is 44.2 Å². The molecule has 1 atom stereocenters. The van der Waals surface area contributed by atoms with Crippen LogP contribution >= 0.6 is 10.0 Å². The lowest BCUT2D eigenvalue weighted by molar-refractivity contribution is -0.120. The largest absolute Gasteiger partial charge is 0.387 e. The minimum absolute atomic E-state index is 0.0391. The second-order valence-corrected chi connectivity index (χ2v) is 14.8. The first kappa shape index (κ1) is 23.6. The molecule has 2 heterocycles. The Balaban J connectivity index is 1.45. The predicted molar refractivity (Wildman–Crippen MR) is 133 cm³/mol. The van der Waals surface area contributed by atoms with Gasteiger partial charge in [0.2, 0.25) is 5.91 Å². The highest BCUT2D eigenvalue weighted by Gasteiger charge is 2.51. The van der Waals surface area contributed by atoms with Gasteiger partial charge in [-0.1, -0.05) is 30.3 Å². The van der Waals surface area contributed by atoms with Gasteiger partial charge in [0.15, 0.2) is 5.82 Å². The second kappa shape index (κ2) is 8.36. The van der Waals surface area contributed by atoms with Crippen LogP contribution in [0.25, 0.3) is 0 Å². The summed E-state index contributed by atoms with van der Waals surface area (Å²) in [6, 6.07) is 8.98. The van der Waals surface area contributed by atoms with Crippen LogP contribution in [-0.2, 0) is 16.9 Å². The highest BCUT2D eigenvalue weighted by Crippen LogP contribution is 2.60. The molecule has 3 amide bonds. The number of aliphatic hydroxyl groups is 1. The highest BCUT2D eigenvalue weighted by molar-refractivity contribution is 8.33. The number of anilines is 1. The fourth-order valence-electron chi connectivity index (χ4n) is 4.85. The number of hydrogen-bond acceptors (Lipinski definition) is 4. The van der Waals surface area contributed by atoms with Crippen molar-refractivity contribution in [3.8, 4) is 0 Å². The van der Waals surface area contributed by atoms with Crippen LogP contribution in [-0.4, -0.2) is 62.2 Å². The summed E-state index contributed by atoms with van der Waals surface area (Å²) in [4.78, 5) is 28.0. The topological polar surface area (TPSA) is 110 Å². The van der Waals surface area contributed by atoms with Crippen molar-refractivity contribution in [3.05, 3.63) is 47.2 Å². The van der Waals surface area contributed by atoms with Crippen molar-refractivity contribution < 1.29 is 14.7 Å². The molecule has 4 N–H and O–H groups in total. The Kier molecular flexibility index (Phi) is 5.99. The number of H-pyrrole nitrogens is 1. The van der Waals surface area contributed by atoms with E-state index in [0.29, 0.717) is 12.4 Å². The number of benzene rings is 1. The number of amides is 3. The summed E-state index contributed by atoms with van der Waals surface area (Å²) < 4.78 is -0.308. The van der Waals surface area contributed by atoms with Gasteiger partial charge in [0, 0.05) is 12.1 Å². The van der Waals surface area contributed by atoms with E-state index in [1.165, 1.54) is 0 Å². The summed E-state index contributed by atoms with van der Waals surface area (Å²) in [6.45, 7) is 4.34. The molecule has 180 valence electrons. The molecule has 2 aromatic rings. The number of carbonyl (C=O) groups is 2. The molecule has 9 heteroatoms. The van der Waals surface area contributed by atoms with Crippen LogP contribution in [0.3, 0.4) is 0 Å². The number of aliphatic hydroxyl groups excluding tert-OH is 1. The first-order valence-corrected chi connectivity index (χ1v) is 14.2. The van der Waals surface area contributed by atoms with E-state index in [9.17, 15) is 14.7 Å². The van der Waals surface area contributed by atoms with Crippen molar-refractivity contribution in [1.29, 1.82) is 0 Å². The Morgan fingerprint density at radius 1 is 1.21 bits per heavy atom. The highest BCUT2D eigenvalue weighted by atomic mass is 32.3. The summed E-state index contributed by atoms with van der Waals surface area (Å²) in [6.07, 6.45) is 8.70. The molecule has 1 aromatic carbocycles. The van der Waals surface area contributed by atoms with Gasteiger partial charge in [-0.05, 0) is 57.4 Å². The smallest absolute Gasteiger partial charge is 0.318 e. The van der Waals surface area contributed by atoms with Crippen LogP contribution in [0.5, 0.6) is 0 Å². The van der Waals surface area contributed by atoms with Crippen molar-refractivity contribution in [2.24, 2.45) is 0 Å². The van der Waals surface area contributed by atoms with Crippen LogP contribution in [0.4, 0.5) is 10.6 Å². The van der Waals surface area contributed by atoms with Crippen LogP contribution in [0.1, 0.15) is 56.0 Å². The van der Waals surface area contributed by atoms with Gasteiger partial charge in [-0.3, -0.25) is 9.89 Å². The van der Waals surface area contributed by atoms with E-state index in [2.05, 4.69) is 39.6 Å². The van der Waals surface area contributed by atoms with E-state index >= 15 is 0 Å². The number of fused-ring (bicyclic) bond motifs is 1. The number of aromatic nitrogens is 2. The van der Waals surface area contributed by atoms with Crippen LogP contribution in [0, 0.1) is 0 Å². The van der Waals surface area contributed by atoms with Gasteiger partial charge in [0.05, 0.1) is 28.6 Å². The fraction of sp³-hybridized carbons (Fsp3) is 0.542. The molecule has 0 unspecified atom stereocenters. The van der Waals surface area contributed by atoms with Crippen LogP contribution in [0.2, 0.25) is 0 Å². The molecule has 1 aliphatic heterocycles. The minimum atomic E-state index is -1.08. The number of carbonyl (C=O) groups excluding carboxylic acids is 2. The molecule has 1 aromatic heterocycles. The molecular weight excluding hydrogens is 438 g/mol. The minimum Gasteiger partial charge on any atom is -0.387 e. The Morgan fingerprint density at radius 2 is 1.88 bits per heavy atom. The number of rotatable bonds is 6. The van der Waals surface area contributed by atoms with Crippen molar-refractivity contribution in [1.82, 2.24) is 20.4 Å². The van der Waals surface area contributed by atoms with Gasteiger partial charge in [0.25, 0.3) is 0 Å². The molecule has 2 aliphatic rings. The molecule has 0 spiro atoms. The molecule has 1 saturated carbocycles. The number of hydrogen-bond donors (Lipinski definition) is 4. The van der Waals surface area contributed by atoms with Gasteiger partial charge in [-0.25, -0.2) is 14.8 Å². The van der Waals surface area contributed by atoms with E-state index < -0.39 is 21.7 Å². The Hall–Kier alpha value is -2.52. The van der Waals surface area contributed by atoms with Crippen LogP contribution < -0.4 is 10.6 Å². The first-order valence-electron chi connectivity index (χ1n) is 11.3. The summed E-state index contributed by atoms with van der Waals surface area (Å²) in [5.41, 5.74) is 1.79. The molecular formula is C24H35N5O3S. The molecule has 8 nitrogen and oxygen atoms in total. The van der Waals surface area contributed by atoms with Crippen molar-refractivity contribution >= 4 is 27.8 Å². The molecule has 1 aliphatic carbocycles. The van der Waals surface area contributed by atoms with E-state index in [0.717, 1.165) is 36.1 Å². The van der Waals surface area contributed by atoms with E-state index in [4.69, 9.17) is 0 Å². The molecule has 0 bridgehead atoms. The zero-order valence-corrected chi connectivity index (χ0v) is 20.9. The molecule has 0 radical (unpaired) electrons. The molecule has 4 rings (SSSR count). The van der Waals surface area contributed by atoms with Crippen LogP contribution in [0.15, 0.2) is 30.3 Å². The quantitative estimate of drug-likeness (QED) is 0.515. The summed E-state index contributed by atoms with van der Waals surface area (Å²) >= 11 is 0.